The van der Waals surface area contributed by atoms with Gasteiger partial charge in [-0.05, 0) is 30.3 Å². The van der Waals surface area contributed by atoms with E-state index < -0.39 is 0 Å². The molecule has 1 aliphatic rings. The number of aryl methyl sites for hydroxylation is 1. The summed E-state index contributed by atoms with van der Waals surface area (Å²) in [7, 11) is 1.87. The van der Waals surface area contributed by atoms with E-state index in [1.807, 2.05) is 25.0 Å². The molecule has 82 valence electrons. The van der Waals surface area contributed by atoms with Crippen molar-refractivity contribution in [3.8, 4) is 0 Å². The lowest BCUT2D eigenvalue weighted by molar-refractivity contribution is 0.0945. The minimum Gasteiger partial charge on any atom is -0.332 e. The molecule has 0 aromatic carbocycles. The molecular weight excluding hydrogens is 208 g/mol. The van der Waals surface area contributed by atoms with Crippen LogP contribution in [0.15, 0.2) is 12.4 Å². The molecule has 1 saturated heterocycles. The third kappa shape index (κ3) is 2.62. The molecule has 0 N–H and O–H groups in total. The molecule has 0 spiro atoms. The molecule has 1 aliphatic heterocycles. The Kier molecular flexibility index (Phi) is 3.46. The lowest BCUT2D eigenvalue weighted by atomic mass is 9.96. The molecule has 0 aliphatic carbocycles. The average molecular weight is 224 g/mol. The third-order valence-electron chi connectivity index (χ3n) is 2.89. The SMILES string of the molecule is Cn1ccnc1C(=O)CC1CCSCC1. The van der Waals surface area contributed by atoms with E-state index in [9.17, 15) is 4.79 Å². The molecule has 0 amide bonds. The molecule has 1 fully saturated rings. The summed E-state index contributed by atoms with van der Waals surface area (Å²) in [5.74, 6) is 3.79. The molecule has 2 heterocycles. The maximum Gasteiger partial charge on any atom is 0.198 e. The molecular formula is C11H16N2OS. The average Bonchev–Trinajstić information content (AvgIpc) is 2.66. The standard InChI is InChI=1S/C11H16N2OS/c1-13-5-4-12-11(13)10(14)8-9-2-6-15-7-3-9/h4-5,9H,2-3,6-8H2,1H3. The van der Waals surface area contributed by atoms with Crippen LogP contribution in [0.25, 0.3) is 0 Å². The van der Waals surface area contributed by atoms with E-state index in [1.54, 1.807) is 10.8 Å². The summed E-state index contributed by atoms with van der Waals surface area (Å²) in [6, 6.07) is 0. The van der Waals surface area contributed by atoms with Crippen LogP contribution in [0.1, 0.15) is 29.9 Å². The first kappa shape index (κ1) is 10.7. The van der Waals surface area contributed by atoms with Gasteiger partial charge in [-0.25, -0.2) is 4.98 Å². The van der Waals surface area contributed by atoms with Crippen LogP contribution in [-0.2, 0) is 7.05 Å². The van der Waals surface area contributed by atoms with Crippen LogP contribution in [0.5, 0.6) is 0 Å². The van der Waals surface area contributed by atoms with Crippen molar-refractivity contribution in [2.45, 2.75) is 19.3 Å². The number of thioether (sulfide) groups is 1. The molecule has 4 heteroatoms. The first-order valence-electron chi connectivity index (χ1n) is 5.35. The van der Waals surface area contributed by atoms with E-state index in [4.69, 9.17) is 0 Å². The maximum atomic E-state index is 11.9. The number of hydrogen-bond acceptors (Lipinski definition) is 3. The zero-order valence-corrected chi connectivity index (χ0v) is 9.80. The van der Waals surface area contributed by atoms with E-state index in [2.05, 4.69) is 4.98 Å². The predicted octanol–water partition coefficient (Wildman–Crippen LogP) is 2.14. The van der Waals surface area contributed by atoms with E-state index in [1.165, 1.54) is 24.3 Å². The van der Waals surface area contributed by atoms with Crippen LogP contribution in [0.4, 0.5) is 0 Å². The number of rotatable bonds is 3. The number of ketones is 1. The summed E-state index contributed by atoms with van der Waals surface area (Å²) in [6.07, 6.45) is 6.54. The molecule has 2 rings (SSSR count). The van der Waals surface area contributed by atoms with Gasteiger partial charge in [0, 0.05) is 25.9 Å². The number of carbonyl (C=O) groups excluding carboxylic acids is 1. The van der Waals surface area contributed by atoms with Gasteiger partial charge in [-0.3, -0.25) is 4.79 Å². The van der Waals surface area contributed by atoms with Gasteiger partial charge in [-0.1, -0.05) is 0 Å². The van der Waals surface area contributed by atoms with Crippen LogP contribution in [0.2, 0.25) is 0 Å². The largest absolute Gasteiger partial charge is 0.332 e. The summed E-state index contributed by atoms with van der Waals surface area (Å²) in [5, 5.41) is 0. The Hall–Kier alpha value is -0.770. The summed E-state index contributed by atoms with van der Waals surface area (Å²) in [5.41, 5.74) is 0. The highest BCUT2D eigenvalue weighted by atomic mass is 32.2. The van der Waals surface area contributed by atoms with Gasteiger partial charge in [0.25, 0.3) is 0 Å². The Morgan fingerprint density at radius 1 is 1.60 bits per heavy atom. The first-order valence-corrected chi connectivity index (χ1v) is 6.51. The van der Waals surface area contributed by atoms with Gasteiger partial charge in [0.1, 0.15) is 0 Å². The number of hydrogen-bond donors (Lipinski definition) is 0. The van der Waals surface area contributed by atoms with Gasteiger partial charge in [0.05, 0.1) is 0 Å². The van der Waals surface area contributed by atoms with Crippen molar-refractivity contribution in [2.75, 3.05) is 11.5 Å². The maximum absolute atomic E-state index is 11.9. The van der Waals surface area contributed by atoms with Gasteiger partial charge in [-0.15, -0.1) is 0 Å². The smallest absolute Gasteiger partial charge is 0.198 e. The second-order valence-corrected chi connectivity index (χ2v) is 5.27. The first-order chi connectivity index (χ1) is 7.27. The number of imidazole rings is 1. The Bertz CT molecular complexity index is 342. The molecule has 0 atom stereocenters. The van der Waals surface area contributed by atoms with Gasteiger partial charge < -0.3 is 4.57 Å². The third-order valence-corrected chi connectivity index (χ3v) is 3.93. The van der Waals surface area contributed by atoms with E-state index in [0.29, 0.717) is 18.2 Å². The number of aromatic nitrogens is 2. The second-order valence-electron chi connectivity index (χ2n) is 4.04. The van der Waals surface area contributed by atoms with Crippen molar-refractivity contribution < 1.29 is 4.79 Å². The quantitative estimate of drug-likeness (QED) is 0.738. The lowest BCUT2D eigenvalue weighted by Gasteiger charge is -2.20. The van der Waals surface area contributed by atoms with Crippen LogP contribution in [-0.4, -0.2) is 26.8 Å². The molecule has 0 unspecified atom stereocenters. The fraction of sp³-hybridized carbons (Fsp3) is 0.636. The molecule has 0 bridgehead atoms. The van der Waals surface area contributed by atoms with E-state index >= 15 is 0 Å². The van der Waals surface area contributed by atoms with Crippen molar-refractivity contribution >= 4 is 17.5 Å². The van der Waals surface area contributed by atoms with Gasteiger partial charge >= 0.3 is 0 Å². The highest BCUT2D eigenvalue weighted by Crippen LogP contribution is 2.26. The minimum absolute atomic E-state index is 0.194. The zero-order valence-electron chi connectivity index (χ0n) is 8.98. The Balaban J connectivity index is 1.94. The summed E-state index contributed by atoms with van der Waals surface area (Å²) < 4.78 is 1.81. The Labute approximate surface area is 94.3 Å². The molecule has 1 aromatic heterocycles. The fourth-order valence-corrected chi connectivity index (χ4v) is 3.14. The number of nitrogens with zero attached hydrogens (tertiary/aromatic N) is 2. The van der Waals surface area contributed by atoms with Gasteiger partial charge in [-0.2, -0.15) is 11.8 Å². The Morgan fingerprint density at radius 2 is 2.33 bits per heavy atom. The van der Waals surface area contributed by atoms with Crippen LogP contribution in [0, 0.1) is 5.92 Å². The molecule has 15 heavy (non-hydrogen) atoms. The number of Topliss-reactive ketones (excluding diaryl/α,β-unsaturated/α-hetero) is 1. The molecule has 3 nitrogen and oxygen atoms in total. The number of carbonyl (C=O) groups is 1. The van der Waals surface area contributed by atoms with Crippen molar-refractivity contribution in [2.24, 2.45) is 13.0 Å². The fourth-order valence-electron chi connectivity index (χ4n) is 1.94. The van der Waals surface area contributed by atoms with Crippen LogP contribution in [0.3, 0.4) is 0 Å². The zero-order chi connectivity index (χ0) is 10.7. The monoisotopic (exact) mass is 224 g/mol. The van der Waals surface area contributed by atoms with Crippen molar-refractivity contribution in [1.82, 2.24) is 9.55 Å². The summed E-state index contributed by atoms with van der Waals surface area (Å²) in [6.45, 7) is 0. The highest BCUT2D eigenvalue weighted by Gasteiger charge is 2.20. The summed E-state index contributed by atoms with van der Waals surface area (Å²) >= 11 is 1.99. The van der Waals surface area contributed by atoms with E-state index in [-0.39, 0.29) is 5.78 Å². The summed E-state index contributed by atoms with van der Waals surface area (Å²) in [4.78, 5) is 16.0. The van der Waals surface area contributed by atoms with Gasteiger partial charge in [0.2, 0.25) is 0 Å². The Morgan fingerprint density at radius 3 is 2.93 bits per heavy atom. The second kappa shape index (κ2) is 4.84. The van der Waals surface area contributed by atoms with Crippen LogP contribution >= 0.6 is 11.8 Å². The molecule has 0 saturated carbocycles. The molecule has 0 radical (unpaired) electrons. The van der Waals surface area contributed by atoms with Crippen molar-refractivity contribution in [3.05, 3.63) is 18.2 Å². The van der Waals surface area contributed by atoms with Crippen LogP contribution < -0.4 is 0 Å². The topological polar surface area (TPSA) is 34.9 Å². The van der Waals surface area contributed by atoms with Crippen molar-refractivity contribution in [3.63, 3.8) is 0 Å². The highest BCUT2D eigenvalue weighted by molar-refractivity contribution is 7.99. The normalized spacial score (nSPS) is 17.9. The minimum atomic E-state index is 0.194. The van der Waals surface area contributed by atoms with Crippen molar-refractivity contribution in [1.29, 1.82) is 0 Å². The van der Waals surface area contributed by atoms with Gasteiger partial charge in [0.15, 0.2) is 11.6 Å². The molecule has 1 aromatic rings. The predicted molar refractivity (Wildman–Crippen MR) is 62.2 cm³/mol. The van der Waals surface area contributed by atoms with E-state index in [0.717, 1.165) is 0 Å². The lowest BCUT2D eigenvalue weighted by Crippen LogP contribution is -2.16.